The highest BCUT2D eigenvalue weighted by Crippen LogP contribution is 2.65. The van der Waals surface area contributed by atoms with Crippen molar-refractivity contribution in [3.63, 3.8) is 0 Å². The van der Waals surface area contributed by atoms with Crippen molar-refractivity contribution < 1.29 is 19.5 Å². The number of allylic oxidation sites excluding steroid dienone is 2. The molecule has 0 unspecified atom stereocenters. The van der Waals surface area contributed by atoms with E-state index in [0.29, 0.717) is 11.8 Å². The zero-order chi connectivity index (χ0) is 17.3. The first-order chi connectivity index (χ1) is 12.1. The smallest absolute Gasteiger partial charge is 0.327 e. The second-order valence-corrected chi connectivity index (χ2v) is 7.74. The van der Waals surface area contributed by atoms with E-state index in [1.165, 1.54) is 0 Å². The summed E-state index contributed by atoms with van der Waals surface area (Å²) in [4.78, 5) is 39.0. The maximum atomic E-state index is 13.0. The van der Waals surface area contributed by atoms with Gasteiger partial charge in [-0.25, -0.2) is 4.79 Å². The van der Waals surface area contributed by atoms with Crippen LogP contribution in [0.5, 0.6) is 0 Å². The Bertz CT molecular complexity index is 765. The van der Waals surface area contributed by atoms with Crippen LogP contribution in [0.3, 0.4) is 0 Å². The largest absolute Gasteiger partial charge is 0.480 e. The van der Waals surface area contributed by atoms with Gasteiger partial charge in [-0.1, -0.05) is 42.5 Å². The maximum Gasteiger partial charge on any atom is 0.327 e. The lowest BCUT2D eigenvalue weighted by atomic mass is 9.63. The number of carbonyl (C=O) groups excluding carboxylic acids is 2. The van der Waals surface area contributed by atoms with E-state index in [4.69, 9.17) is 0 Å². The number of rotatable bonds is 4. The van der Waals surface area contributed by atoms with E-state index in [2.05, 4.69) is 12.2 Å². The summed E-state index contributed by atoms with van der Waals surface area (Å²) in [5, 5.41) is 9.71. The van der Waals surface area contributed by atoms with Gasteiger partial charge < -0.3 is 5.11 Å². The van der Waals surface area contributed by atoms with Crippen LogP contribution in [0, 0.1) is 35.5 Å². The third-order valence-electron chi connectivity index (χ3n) is 6.57. The van der Waals surface area contributed by atoms with Crippen LogP contribution in [-0.4, -0.2) is 33.8 Å². The molecule has 0 spiro atoms. The molecule has 1 aromatic carbocycles. The maximum absolute atomic E-state index is 13.0. The number of carboxylic acids is 1. The number of carboxylic acid groups (broad SMARTS) is 1. The summed E-state index contributed by atoms with van der Waals surface area (Å²) in [6.45, 7) is 0. The molecule has 0 radical (unpaired) electrons. The Labute approximate surface area is 145 Å². The van der Waals surface area contributed by atoms with Gasteiger partial charge in [0.25, 0.3) is 0 Å². The first-order valence-electron chi connectivity index (χ1n) is 8.90. The summed E-state index contributed by atoms with van der Waals surface area (Å²) in [5.74, 6) is -1.08. The number of amides is 2. The van der Waals surface area contributed by atoms with Crippen LogP contribution in [0.1, 0.15) is 12.0 Å². The number of aliphatic carboxylic acids is 1. The monoisotopic (exact) mass is 337 g/mol. The van der Waals surface area contributed by atoms with E-state index in [-0.39, 0.29) is 41.9 Å². The Kier molecular flexibility index (Phi) is 3.00. The summed E-state index contributed by atoms with van der Waals surface area (Å²) in [6.07, 6.45) is 5.45. The van der Waals surface area contributed by atoms with Crippen molar-refractivity contribution in [2.24, 2.45) is 35.5 Å². The third-order valence-corrected chi connectivity index (χ3v) is 6.57. The van der Waals surface area contributed by atoms with Crippen LogP contribution in [0.4, 0.5) is 0 Å². The molecule has 4 aliphatic carbocycles. The number of likely N-dealkylation sites (tertiary alicyclic amines) is 1. The molecule has 1 heterocycles. The fourth-order valence-electron chi connectivity index (χ4n) is 5.41. The van der Waals surface area contributed by atoms with E-state index < -0.39 is 12.0 Å². The molecule has 1 N–H and O–H groups in total. The topological polar surface area (TPSA) is 74.7 Å². The molecule has 5 aliphatic rings. The molecule has 5 nitrogen and oxygen atoms in total. The van der Waals surface area contributed by atoms with Crippen molar-refractivity contribution in [2.75, 3.05) is 0 Å². The number of nitrogens with zero attached hydrogens (tertiary/aromatic N) is 1. The highest BCUT2D eigenvalue weighted by molar-refractivity contribution is 6.08. The summed E-state index contributed by atoms with van der Waals surface area (Å²) < 4.78 is 0. The van der Waals surface area contributed by atoms with Crippen LogP contribution in [-0.2, 0) is 20.8 Å². The standard InChI is InChI=1S/C20H19NO4/c22-18-16-11-6-7-12(14-9-13(11)14)17(16)19(23)21(18)15(20(24)25)8-10-4-2-1-3-5-10/h1-7,11-17H,8-9H2,(H,24,25)/t11-,12-,13-,14+,15-,16+,17+/m0/s1. The normalized spacial score (nSPS) is 38.5. The molecule has 2 saturated carbocycles. The van der Waals surface area contributed by atoms with Gasteiger partial charge in [0.1, 0.15) is 6.04 Å². The van der Waals surface area contributed by atoms with E-state index in [1.54, 1.807) is 0 Å². The van der Waals surface area contributed by atoms with Gasteiger partial charge >= 0.3 is 5.97 Å². The fraction of sp³-hybridized carbons (Fsp3) is 0.450. The zero-order valence-corrected chi connectivity index (χ0v) is 13.6. The van der Waals surface area contributed by atoms with Crippen molar-refractivity contribution in [1.82, 2.24) is 4.90 Å². The molecule has 5 heteroatoms. The Hall–Kier alpha value is -2.43. The lowest BCUT2D eigenvalue weighted by molar-refractivity contribution is -0.155. The molecule has 2 amide bonds. The highest BCUT2D eigenvalue weighted by atomic mass is 16.4. The van der Waals surface area contributed by atoms with Gasteiger partial charge in [0, 0.05) is 6.42 Å². The number of imide groups is 1. The van der Waals surface area contributed by atoms with E-state index in [0.717, 1.165) is 16.9 Å². The fourth-order valence-corrected chi connectivity index (χ4v) is 5.41. The summed E-state index contributed by atoms with van der Waals surface area (Å²) in [6, 6.07) is 8.06. The minimum absolute atomic E-state index is 0.118. The van der Waals surface area contributed by atoms with E-state index in [1.807, 2.05) is 30.3 Å². The van der Waals surface area contributed by atoms with Gasteiger partial charge in [-0.05, 0) is 35.7 Å². The number of carbonyl (C=O) groups is 3. The van der Waals surface area contributed by atoms with Crippen LogP contribution in [0.2, 0.25) is 0 Å². The second kappa shape index (κ2) is 5.04. The molecule has 7 atom stereocenters. The highest BCUT2D eigenvalue weighted by Gasteiger charge is 2.67. The number of benzene rings is 1. The number of hydrogen-bond donors (Lipinski definition) is 1. The SMILES string of the molecule is O=C(O)[C@H](Cc1ccccc1)N1C(=O)[C@@H]2[C@H]3C=C[C@@H]([C@@H]4C[C@H]34)[C@H]2C1=O. The van der Waals surface area contributed by atoms with Crippen LogP contribution in [0.15, 0.2) is 42.5 Å². The van der Waals surface area contributed by atoms with Gasteiger partial charge in [-0.15, -0.1) is 0 Å². The second-order valence-electron chi connectivity index (χ2n) is 7.74. The van der Waals surface area contributed by atoms with Crippen molar-refractivity contribution >= 4 is 17.8 Å². The summed E-state index contributed by atoms with van der Waals surface area (Å²) >= 11 is 0. The predicted octanol–water partition coefficient (Wildman–Crippen LogP) is 1.74. The molecule has 3 fully saturated rings. The predicted molar refractivity (Wildman–Crippen MR) is 88.1 cm³/mol. The molecule has 25 heavy (non-hydrogen) atoms. The quantitative estimate of drug-likeness (QED) is 0.671. The average molecular weight is 337 g/mol. The van der Waals surface area contributed by atoms with Crippen molar-refractivity contribution in [3.8, 4) is 0 Å². The Morgan fingerprint density at radius 1 is 1.04 bits per heavy atom. The molecule has 128 valence electrons. The average Bonchev–Trinajstić information content (AvgIpc) is 3.39. The molecule has 1 aromatic rings. The minimum Gasteiger partial charge on any atom is -0.480 e. The van der Waals surface area contributed by atoms with Crippen molar-refractivity contribution in [2.45, 2.75) is 18.9 Å². The first-order valence-corrected chi connectivity index (χ1v) is 8.90. The lowest BCUT2D eigenvalue weighted by Gasteiger charge is -2.37. The molecule has 1 saturated heterocycles. The van der Waals surface area contributed by atoms with Crippen molar-refractivity contribution in [3.05, 3.63) is 48.0 Å². The molecular weight excluding hydrogens is 318 g/mol. The molecular formula is C20H19NO4. The minimum atomic E-state index is -1.12. The molecule has 1 aliphatic heterocycles. The third kappa shape index (κ3) is 1.98. The molecule has 2 bridgehead atoms. The van der Waals surface area contributed by atoms with Crippen LogP contribution < -0.4 is 0 Å². The van der Waals surface area contributed by atoms with Crippen molar-refractivity contribution in [1.29, 1.82) is 0 Å². The summed E-state index contributed by atoms with van der Waals surface area (Å²) in [7, 11) is 0. The van der Waals surface area contributed by atoms with E-state index >= 15 is 0 Å². The van der Waals surface area contributed by atoms with Gasteiger partial charge in [-0.2, -0.15) is 0 Å². The number of hydrogen-bond acceptors (Lipinski definition) is 3. The molecule has 0 aromatic heterocycles. The Morgan fingerprint density at radius 3 is 2.12 bits per heavy atom. The van der Waals surface area contributed by atoms with Crippen LogP contribution >= 0.6 is 0 Å². The van der Waals surface area contributed by atoms with E-state index in [9.17, 15) is 19.5 Å². The van der Waals surface area contributed by atoms with Gasteiger partial charge in [0.15, 0.2) is 0 Å². The van der Waals surface area contributed by atoms with Gasteiger partial charge in [0.2, 0.25) is 11.8 Å². The van der Waals surface area contributed by atoms with Gasteiger partial charge in [-0.3, -0.25) is 14.5 Å². The Morgan fingerprint density at radius 2 is 1.60 bits per heavy atom. The van der Waals surface area contributed by atoms with Gasteiger partial charge in [0.05, 0.1) is 11.8 Å². The lowest BCUT2D eigenvalue weighted by Crippen LogP contribution is -2.47. The summed E-state index contributed by atoms with van der Waals surface area (Å²) in [5.41, 5.74) is 0.814. The Balaban J connectivity index is 1.48. The zero-order valence-electron chi connectivity index (χ0n) is 13.6. The van der Waals surface area contributed by atoms with Crippen LogP contribution in [0.25, 0.3) is 0 Å². The molecule has 6 rings (SSSR count). The first kappa shape index (κ1) is 14.9.